The molecule has 0 heterocycles. The van der Waals surface area contributed by atoms with Gasteiger partial charge < -0.3 is 15.0 Å². The molecule has 0 aliphatic rings. The SMILES string of the molecule is CCNC(=O)[C@@H](C)N(Cc1cccc(OC)c1)C(=O)Cc1ccccc1. The number of methoxy groups -OCH3 is 1. The molecular weight excluding hydrogens is 328 g/mol. The fourth-order valence-electron chi connectivity index (χ4n) is 2.74. The number of hydrogen-bond acceptors (Lipinski definition) is 3. The maximum atomic E-state index is 12.9. The van der Waals surface area contributed by atoms with E-state index in [0.717, 1.165) is 16.9 Å². The number of nitrogens with zero attached hydrogens (tertiary/aromatic N) is 1. The van der Waals surface area contributed by atoms with Crippen LogP contribution in [0.1, 0.15) is 25.0 Å². The first-order valence-corrected chi connectivity index (χ1v) is 8.79. The highest BCUT2D eigenvalue weighted by molar-refractivity contribution is 5.88. The molecule has 2 rings (SSSR count). The van der Waals surface area contributed by atoms with Gasteiger partial charge in [0, 0.05) is 13.1 Å². The van der Waals surface area contributed by atoms with E-state index in [0.29, 0.717) is 13.1 Å². The number of benzene rings is 2. The third-order valence-corrected chi connectivity index (χ3v) is 4.20. The monoisotopic (exact) mass is 354 g/mol. The van der Waals surface area contributed by atoms with Gasteiger partial charge >= 0.3 is 0 Å². The van der Waals surface area contributed by atoms with Gasteiger partial charge in [0.05, 0.1) is 13.5 Å². The lowest BCUT2D eigenvalue weighted by molar-refractivity contribution is -0.140. The first-order valence-electron chi connectivity index (χ1n) is 8.79. The summed E-state index contributed by atoms with van der Waals surface area (Å²) in [7, 11) is 1.61. The van der Waals surface area contributed by atoms with Gasteiger partial charge in [-0.15, -0.1) is 0 Å². The molecule has 0 spiro atoms. The molecule has 2 aromatic rings. The van der Waals surface area contributed by atoms with Crippen LogP contribution in [0.15, 0.2) is 54.6 Å². The van der Waals surface area contributed by atoms with Crippen LogP contribution in [-0.4, -0.2) is 36.4 Å². The summed E-state index contributed by atoms with van der Waals surface area (Å²) < 4.78 is 5.26. The number of carbonyl (C=O) groups excluding carboxylic acids is 2. The predicted molar refractivity (Wildman–Crippen MR) is 102 cm³/mol. The zero-order valence-corrected chi connectivity index (χ0v) is 15.6. The van der Waals surface area contributed by atoms with Crippen LogP contribution in [0.2, 0.25) is 0 Å². The molecule has 0 fully saturated rings. The van der Waals surface area contributed by atoms with Crippen molar-refractivity contribution in [1.82, 2.24) is 10.2 Å². The van der Waals surface area contributed by atoms with Gasteiger partial charge in [-0.05, 0) is 37.1 Å². The summed E-state index contributed by atoms with van der Waals surface area (Å²) in [6.07, 6.45) is 0.258. The molecule has 2 amide bonds. The number of carbonyl (C=O) groups is 2. The van der Waals surface area contributed by atoms with Crippen molar-refractivity contribution in [3.05, 3.63) is 65.7 Å². The van der Waals surface area contributed by atoms with E-state index >= 15 is 0 Å². The van der Waals surface area contributed by atoms with E-state index in [1.165, 1.54) is 0 Å². The molecule has 0 unspecified atom stereocenters. The van der Waals surface area contributed by atoms with Gasteiger partial charge in [-0.25, -0.2) is 0 Å². The first-order chi connectivity index (χ1) is 12.5. The molecule has 5 heteroatoms. The molecule has 0 bridgehead atoms. The first kappa shape index (κ1) is 19.5. The molecule has 0 aromatic heterocycles. The molecule has 0 radical (unpaired) electrons. The highest BCUT2D eigenvalue weighted by Crippen LogP contribution is 2.17. The van der Waals surface area contributed by atoms with Crippen molar-refractivity contribution in [2.45, 2.75) is 32.9 Å². The summed E-state index contributed by atoms with van der Waals surface area (Å²) in [6.45, 7) is 4.50. The highest BCUT2D eigenvalue weighted by atomic mass is 16.5. The minimum atomic E-state index is -0.558. The molecule has 0 saturated carbocycles. The molecule has 1 N–H and O–H groups in total. The third-order valence-electron chi connectivity index (χ3n) is 4.20. The minimum Gasteiger partial charge on any atom is -0.497 e. The van der Waals surface area contributed by atoms with Crippen LogP contribution in [0.25, 0.3) is 0 Å². The van der Waals surface area contributed by atoms with E-state index in [9.17, 15) is 9.59 Å². The van der Waals surface area contributed by atoms with Crippen molar-refractivity contribution in [1.29, 1.82) is 0 Å². The largest absolute Gasteiger partial charge is 0.497 e. The van der Waals surface area contributed by atoms with Gasteiger partial charge in [-0.2, -0.15) is 0 Å². The second-order valence-corrected chi connectivity index (χ2v) is 6.11. The topological polar surface area (TPSA) is 58.6 Å². The molecule has 0 aliphatic carbocycles. The summed E-state index contributed by atoms with van der Waals surface area (Å²) in [5.41, 5.74) is 1.85. The van der Waals surface area contributed by atoms with Crippen molar-refractivity contribution in [2.24, 2.45) is 0 Å². The number of hydrogen-bond donors (Lipinski definition) is 1. The lowest BCUT2D eigenvalue weighted by Crippen LogP contribution is -2.48. The van der Waals surface area contributed by atoms with Crippen LogP contribution in [-0.2, 0) is 22.6 Å². The number of ether oxygens (including phenoxy) is 1. The van der Waals surface area contributed by atoms with Crippen LogP contribution in [0, 0.1) is 0 Å². The van der Waals surface area contributed by atoms with Crippen molar-refractivity contribution in [3.8, 4) is 5.75 Å². The van der Waals surface area contributed by atoms with E-state index in [1.54, 1.807) is 18.9 Å². The van der Waals surface area contributed by atoms with Gasteiger partial charge in [-0.1, -0.05) is 42.5 Å². The fourth-order valence-corrected chi connectivity index (χ4v) is 2.74. The van der Waals surface area contributed by atoms with E-state index in [2.05, 4.69) is 5.32 Å². The van der Waals surface area contributed by atoms with E-state index in [4.69, 9.17) is 4.74 Å². The van der Waals surface area contributed by atoms with Crippen LogP contribution in [0.3, 0.4) is 0 Å². The number of amides is 2. The highest BCUT2D eigenvalue weighted by Gasteiger charge is 2.25. The Morgan fingerprint density at radius 1 is 1.08 bits per heavy atom. The van der Waals surface area contributed by atoms with E-state index in [1.807, 2.05) is 61.5 Å². The Hall–Kier alpha value is -2.82. The second kappa shape index (κ2) is 9.61. The van der Waals surface area contributed by atoms with Crippen LogP contribution in [0.4, 0.5) is 0 Å². The van der Waals surface area contributed by atoms with E-state index in [-0.39, 0.29) is 18.2 Å². The average Bonchev–Trinajstić information content (AvgIpc) is 2.66. The Kier molecular flexibility index (Phi) is 7.21. The maximum absolute atomic E-state index is 12.9. The summed E-state index contributed by atoms with van der Waals surface area (Å²) >= 11 is 0. The van der Waals surface area contributed by atoms with Crippen molar-refractivity contribution in [3.63, 3.8) is 0 Å². The van der Waals surface area contributed by atoms with Gasteiger partial charge in [0.25, 0.3) is 0 Å². The van der Waals surface area contributed by atoms with Gasteiger partial charge in [0.2, 0.25) is 11.8 Å². The molecule has 0 aliphatic heterocycles. The normalized spacial score (nSPS) is 11.5. The van der Waals surface area contributed by atoms with Gasteiger partial charge in [0.1, 0.15) is 11.8 Å². The average molecular weight is 354 g/mol. The zero-order valence-electron chi connectivity index (χ0n) is 15.6. The van der Waals surface area contributed by atoms with Crippen LogP contribution >= 0.6 is 0 Å². The van der Waals surface area contributed by atoms with Crippen molar-refractivity contribution >= 4 is 11.8 Å². The molecule has 26 heavy (non-hydrogen) atoms. The van der Waals surface area contributed by atoms with E-state index < -0.39 is 6.04 Å². The lowest BCUT2D eigenvalue weighted by atomic mass is 10.1. The quantitative estimate of drug-likeness (QED) is 0.793. The molecular formula is C21H26N2O3. The summed E-state index contributed by atoms with van der Waals surface area (Å²) in [5.74, 6) is 0.484. The lowest BCUT2D eigenvalue weighted by Gasteiger charge is -2.29. The number of likely N-dealkylation sites (N-methyl/N-ethyl adjacent to an activating group) is 1. The van der Waals surface area contributed by atoms with Crippen molar-refractivity contribution in [2.75, 3.05) is 13.7 Å². The third kappa shape index (κ3) is 5.34. The van der Waals surface area contributed by atoms with Crippen LogP contribution in [0.5, 0.6) is 5.75 Å². The smallest absolute Gasteiger partial charge is 0.242 e. The summed E-state index contributed by atoms with van der Waals surface area (Å²) in [6, 6.07) is 16.5. The van der Waals surface area contributed by atoms with Gasteiger partial charge in [-0.3, -0.25) is 9.59 Å². The Bertz CT molecular complexity index is 731. The number of rotatable bonds is 8. The molecule has 5 nitrogen and oxygen atoms in total. The Balaban J connectivity index is 2.22. The minimum absolute atomic E-state index is 0.0854. The molecule has 0 saturated heterocycles. The fraction of sp³-hybridized carbons (Fsp3) is 0.333. The van der Waals surface area contributed by atoms with Gasteiger partial charge in [0.15, 0.2) is 0 Å². The van der Waals surface area contributed by atoms with Crippen molar-refractivity contribution < 1.29 is 14.3 Å². The maximum Gasteiger partial charge on any atom is 0.242 e. The molecule has 138 valence electrons. The van der Waals surface area contributed by atoms with Crippen LogP contribution < -0.4 is 10.1 Å². The number of nitrogens with one attached hydrogen (secondary N) is 1. The Morgan fingerprint density at radius 3 is 2.42 bits per heavy atom. The summed E-state index contributed by atoms with van der Waals surface area (Å²) in [5, 5.41) is 2.80. The Labute approximate surface area is 155 Å². The Morgan fingerprint density at radius 2 is 1.77 bits per heavy atom. The standard InChI is InChI=1S/C21H26N2O3/c1-4-22-21(25)16(2)23(15-18-11-8-12-19(13-18)26-3)20(24)14-17-9-6-5-7-10-17/h5-13,16H,4,14-15H2,1-3H3,(H,22,25)/t16-/m1/s1. The molecule has 1 atom stereocenters. The molecule has 2 aromatic carbocycles. The predicted octanol–water partition coefficient (Wildman–Crippen LogP) is 2.79. The zero-order chi connectivity index (χ0) is 18.9. The second-order valence-electron chi connectivity index (χ2n) is 6.11. The summed E-state index contributed by atoms with van der Waals surface area (Å²) in [4.78, 5) is 26.9.